The van der Waals surface area contributed by atoms with Crippen LogP contribution in [0, 0.1) is 13.8 Å². The maximum absolute atomic E-state index is 11.4. The van der Waals surface area contributed by atoms with Crippen molar-refractivity contribution in [2.24, 2.45) is 0 Å². The van der Waals surface area contributed by atoms with Crippen molar-refractivity contribution in [1.29, 1.82) is 0 Å². The molecule has 0 saturated heterocycles. The third-order valence-corrected chi connectivity index (χ3v) is 4.17. The van der Waals surface area contributed by atoms with E-state index < -0.39 is 5.97 Å². The molecule has 1 aromatic carbocycles. The summed E-state index contributed by atoms with van der Waals surface area (Å²) in [6.07, 6.45) is 0. The first kappa shape index (κ1) is 13.4. The van der Waals surface area contributed by atoms with Gasteiger partial charge in [-0.3, -0.25) is 0 Å². The summed E-state index contributed by atoms with van der Waals surface area (Å²) in [5, 5.41) is 17.7. The number of nitrogens with zero attached hydrogens (tertiary/aromatic N) is 4. The number of aromatic carboxylic acids is 1. The van der Waals surface area contributed by atoms with Crippen molar-refractivity contribution in [1.82, 2.24) is 20.0 Å². The molecule has 6 nitrogen and oxygen atoms in total. The molecule has 2 heterocycles. The maximum atomic E-state index is 11.4. The molecule has 0 aliphatic rings. The smallest absolute Gasteiger partial charge is 0.358 e. The number of carbonyl (C=O) groups is 1. The quantitative estimate of drug-likeness (QED) is 0.804. The number of aryl methyl sites for hydroxylation is 2. The first-order valence-electron chi connectivity index (χ1n) is 6.26. The molecule has 2 aromatic heterocycles. The van der Waals surface area contributed by atoms with E-state index in [1.54, 1.807) is 0 Å². The highest BCUT2D eigenvalue weighted by Gasteiger charge is 2.23. The van der Waals surface area contributed by atoms with Gasteiger partial charge in [-0.25, -0.2) is 9.78 Å². The molecule has 0 spiro atoms. The maximum Gasteiger partial charge on any atom is 0.358 e. The monoisotopic (exact) mass is 300 g/mol. The fraction of sp³-hybridized carbons (Fsp3) is 0.143. The van der Waals surface area contributed by atoms with E-state index in [0.29, 0.717) is 10.8 Å². The Kier molecular flexibility index (Phi) is 3.26. The minimum absolute atomic E-state index is 0.0771. The number of rotatable bonds is 3. The minimum Gasteiger partial charge on any atom is -0.476 e. The minimum atomic E-state index is -1.11. The molecule has 3 rings (SSSR count). The zero-order valence-corrected chi connectivity index (χ0v) is 12.3. The molecule has 0 bridgehead atoms. The van der Waals surface area contributed by atoms with Crippen LogP contribution in [-0.2, 0) is 0 Å². The Labute approximate surface area is 124 Å². The second kappa shape index (κ2) is 5.10. The van der Waals surface area contributed by atoms with Crippen LogP contribution in [0.5, 0.6) is 0 Å². The first-order chi connectivity index (χ1) is 10.1. The molecule has 106 valence electrons. The van der Waals surface area contributed by atoms with Crippen LogP contribution in [-0.4, -0.2) is 31.1 Å². The number of aromatic nitrogens is 4. The van der Waals surface area contributed by atoms with Crippen molar-refractivity contribution in [2.45, 2.75) is 13.8 Å². The van der Waals surface area contributed by atoms with E-state index in [-0.39, 0.29) is 5.69 Å². The topological polar surface area (TPSA) is 80.9 Å². The largest absolute Gasteiger partial charge is 0.476 e. The van der Waals surface area contributed by atoms with Crippen molar-refractivity contribution < 1.29 is 9.90 Å². The van der Waals surface area contributed by atoms with Gasteiger partial charge in [-0.15, -0.1) is 5.10 Å². The van der Waals surface area contributed by atoms with Gasteiger partial charge in [0.2, 0.25) is 5.13 Å². The summed E-state index contributed by atoms with van der Waals surface area (Å²) < 4.78 is 1.49. The molecule has 0 radical (unpaired) electrons. The van der Waals surface area contributed by atoms with E-state index >= 15 is 0 Å². The molecule has 0 aliphatic carbocycles. The molecule has 0 amide bonds. The van der Waals surface area contributed by atoms with Gasteiger partial charge < -0.3 is 5.11 Å². The zero-order chi connectivity index (χ0) is 15.0. The summed E-state index contributed by atoms with van der Waals surface area (Å²) in [5.41, 5.74) is 2.01. The lowest BCUT2D eigenvalue weighted by Crippen LogP contribution is -2.03. The molecule has 0 unspecified atom stereocenters. The third-order valence-electron chi connectivity index (χ3n) is 3.12. The molecule has 3 aromatic rings. The fourth-order valence-electron chi connectivity index (χ4n) is 1.96. The Balaban J connectivity index is 2.25. The molecular formula is C14H12N4O2S. The number of hydrogen-bond donors (Lipinski definition) is 1. The van der Waals surface area contributed by atoms with Gasteiger partial charge in [0.25, 0.3) is 0 Å². The van der Waals surface area contributed by atoms with Crippen molar-refractivity contribution in [3.05, 3.63) is 46.6 Å². The van der Waals surface area contributed by atoms with Crippen molar-refractivity contribution >= 4 is 17.3 Å². The van der Waals surface area contributed by atoms with Gasteiger partial charge in [-0.2, -0.15) is 4.68 Å². The van der Waals surface area contributed by atoms with Gasteiger partial charge in [0, 0.05) is 10.4 Å². The highest BCUT2D eigenvalue weighted by Crippen LogP contribution is 2.28. The number of benzene rings is 1. The lowest BCUT2D eigenvalue weighted by Gasteiger charge is -2.03. The first-order valence-corrected chi connectivity index (χ1v) is 7.08. The number of hydrogen-bond acceptors (Lipinski definition) is 5. The van der Waals surface area contributed by atoms with Gasteiger partial charge in [-0.05, 0) is 13.8 Å². The van der Waals surface area contributed by atoms with E-state index in [2.05, 4.69) is 15.3 Å². The van der Waals surface area contributed by atoms with E-state index in [1.807, 2.05) is 44.2 Å². The molecule has 0 fully saturated rings. The lowest BCUT2D eigenvalue weighted by atomic mass is 10.1. The van der Waals surface area contributed by atoms with Crippen LogP contribution in [0.15, 0.2) is 30.3 Å². The van der Waals surface area contributed by atoms with Crippen LogP contribution in [0.3, 0.4) is 0 Å². The Morgan fingerprint density at radius 3 is 2.52 bits per heavy atom. The third kappa shape index (κ3) is 2.31. The van der Waals surface area contributed by atoms with Crippen LogP contribution in [0.1, 0.15) is 21.1 Å². The predicted octanol–water partition coefficient (Wildman–Crippen LogP) is 2.71. The van der Waals surface area contributed by atoms with E-state index in [4.69, 9.17) is 0 Å². The SMILES string of the molecule is Cc1nc(-n2nnc(C(=O)O)c2-c2ccccc2)sc1C. The van der Waals surface area contributed by atoms with Gasteiger partial charge in [0.15, 0.2) is 5.69 Å². The van der Waals surface area contributed by atoms with Crippen molar-refractivity contribution in [3.8, 4) is 16.4 Å². The van der Waals surface area contributed by atoms with Crippen molar-refractivity contribution in [3.63, 3.8) is 0 Å². The average molecular weight is 300 g/mol. The van der Waals surface area contributed by atoms with E-state index in [9.17, 15) is 9.90 Å². The Morgan fingerprint density at radius 1 is 1.24 bits per heavy atom. The summed E-state index contributed by atoms with van der Waals surface area (Å²) >= 11 is 1.46. The lowest BCUT2D eigenvalue weighted by molar-refractivity contribution is 0.0691. The Morgan fingerprint density at radius 2 is 1.95 bits per heavy atom. The molecule has 0 atom stereocenters. The van der Waals surface area contributed by atoms with Gasteiger partial charge in [-0.1, -0.05) is 46.9 Å². The van der Waals surface area contributed by atoms with Crippen LogP contribution in [0.4, 0.5) is 0 Å². The van der Waals surface area contributed by atoms with Gasteiger partial charge >= 0.3 is 5.97 Å². The summed E-state index contributed by atoms with van der Waals surface area (Å²) in [4.78, 5) is 16.9. The summed E-state index contributed by atoms with van der Waals surface area (Å²) in [6, 6.07) is 9.22. The highest BCUT2D eigenvalue weighted by atomic mass is 32.1. The normalized spacial score (nSPS) is 10.8. The predicted molar refractivity (Wildman–Crippen MR) is 78.9 cm³/mol. The molecule has 0 saturated carbocycles. The highest BCUT2D eigenvalue weighted by molar-refractivity contribution is 7.14. The number of carboxylic acids is 1. The molecular weight excluding hydrogens is 288 g/mol. The van der Waals surface area contributed by atoms with Crippen LogP contribution in [0.25, 0.3) is 16.4 Å². The van der Waals surface area contributed by atoms with Gasteiger partial charge in [0.1, 0.15) is 5.69 Å². The molecule has 1 N–H and O–H groups in total. The zero-order valence-electron chi connectivity index (χ0n) is 11.4. The standard InChI is InChI=1S/C14H12N4O2S/c1-8-9(2)21-14(15-8)18-12(10-6-4-3-5-7-10)11(13(19)20)16-17-18/h3-7H,1-2H3,(H,19,20). The summed E-state index contributed by atoms with van der Waals surface area (Å²) in [5.74, 6) is -1.11. The Bertz CT molecular complexity index is 788. The Hall–Kier alpha value is -2.54. The van der Waals surface area contributed by atoms with E-state index in [1.165, 1.54) is 16.0 Å². The second-order valence-electron chi connectivity index (χ2n) is 4.51. The van der Waals surface area contributed by atoms with Crippen molar-refractivity contribution in [2.75, 3.05) is 0 Å². The second-order valence-corrected chi connectivity index (χ2v) is 5.69. The average Bonchev–Trinajstić information content (AvgIpc) is 3.04. The summed E-state index contributed by atoms with van der Waals surface area (Å²) in [6.45, 7) is 3.88. The fourth-order valence-corrected chi connectivity index (χ4v) is 2.83. The van der Waals surface area contributed by atoms with Crippen LogP contribution in [0.2, 0.25) is 0 Å². The number of carboxylic acid groups (broad SMARTS) is 1. The van der Waals surface area contributed by atoms with Crippen LogP contribution < -0.4 is 0 Å². The summed E-state index contributed by atoms with van der Waals surface area (Å²) in [7, 11) is 0. The van der Waals surface area contributed by atoms with Gasteiger partial charge in [0.05, 0.1) is 5.69 Å². The van der Waals surface area contributed by atoms with Crippen LogP contribution >= 0.6 is 11.3 Å². The molecule has 7 heteroatoms. The van der Waals surface area contributed by atoms with E-state index in [0.717, 1.165) is 16.1 Å². The molecule has 0 aliphatic heterocycles. The number of thiazole rings is 1. The molecule has 21 heavy (non-hydrogen) atoms.